The van der Waals surface area contributed by atoms with Crippen molar-refractivity contribution in [3.8, 4) is 0 Å². The van der Waals surface area contributed by atoms with E-state index in [-0.39, 0.29) is 17.2 Å². The number of nitrogens with zero attached hydrogens (tertiary/aromatic N) is 6. The van der Waals surface area contributed by atoms with Crippen LogP contribution in [0.5, 0.6) is 0 Å². The lowest BCUT2D eigenvalue weighted by Gasteiger charge is -2.07. The average molecular weight is 320 g/mol. The molecular formula is C10H11F3N6O3. The van der Waals surface area contributed by atoms with Gasteiger partial charge in [0, 0.05) is 7.05 Å². The summed E-state index contributed by atoms with van der Waals surface area (Å²) in [5.41, 5.74) is -0.421. The molecule has 0 saturated heterocycles. The Balaban J connectivity index is 2.30. The second-order valence-electron chi connectivity index (χ2n) is 3.91. The van der Waals surface area contributed by atoms with Crippen molar-refractivity contribution >= 4 is 11.5 Å². The largest absolute Gasteiger partial charge is 0.522 e. The predicted octanol–water partition coefficient (Wildman–Crippen LogP) is -0.155. The van der Waals surface area contributed by atoms with E-state index in [0.29, 0.717) is 0 Å². The van der Waals surface area contributed by atoms with Crippen molar-refractivity contribution in [2.75, 3.05) is 20.8 Å². The highest BCUT2D eigenvalue weighted by Gasteiger charge is 2.28. The number of imidazole rings is 1. The molecule has 0 unspecified atom stereocenters. The first-order valence-electron chi connectivity index (χ1n) is 5.90. The van der Waals surface area contributed by atoms with Crippen molar-refractivity contribution < 1.29 is 22.6 Å². The number of halogens is 3. The molecule has 0 saturated carbocycles. The van der Waals surface area contributed by atoms with Crippen LogP contribution in [0.3, 0.4) is 0 Å². The fourth-order valence-corrected chi connectivity index (χ4v) is 1.67. The number of alkyl halides is 3. The fraction of sp³-hybridized carbons (Fsp3) is 0.500. The van der Waals surface area contributed by atoms with Crippen molar-refractivity contribution in [1.29, 1.82) is 0 Å². The van der Waals surface area contributed by atoms with Crippen LogP contribution < -0.4 is 5.69 Å². The highest BCUT2D eigenvalue weighted by atomic mass is 19.4. The van der Waals surface area contributed by atoms with E-state index in [4.69, 9.17) is 4.74 Å². The van der Waals surface area contributed by atoms with Gasteiger partial charge >= 0.3 is 12.1 Å². The van der Waals surface area contributed by atoms with Crippen LogP contribution in [0, 0.1) is 0 Å². The van der Waals surface area contributed by atoms with Gasteiger partial charge < -0.3 is 4.74 Å². The van der Waals surface area contributed by atoms with Crippen molar-refractivity contribution in [3.05, 3.63) is 22.5 Å². The highest BCUT2D eigenvalue weighted by Crippen LogP contribution is 2.15. The Morgan fingerprint density at radius 3 is 2.77 bits per heavy atom. The lowest BCUT2D eigenvalue weighted by Crippen LogP contribution is -2.32. The second kappa shape index (κ2) is 6.09. The Hall–Kier alpha value is -2.50. The van der Waals surface area contributed by atoms with Crippen LogP contribution in [0.25, 0.3) is 5.65 Å². The number of ether oxygens (including phenoxy) is 2. The third kappa shape index (κ3) is 3.21. The molecule has 0 spiro atoms. The molecule has 22 heavy (non-hydrogen) atoms. The highest BCUT2D eigenvalue weighted by molar-refractivity contribution is 5.97. The third-order valence-electron chi connectivity index (χ3n) is 2.58. The predicted molar refractivity (Wildman–Crippen MR) is 66.5 cm³/mol. The smallest absolute Gasteiger partial charge is 0.480 e. The van der Waals surface area contributed by atoms with Crippen molar-refractivity contribution in [2.45, 2.75) is 12.9 Å². The van der Waals surface area contributed by atoms with Gasteiger partial charge in [-0.3, -0.25) is 9.73 Å². The monoisotopic (exact) mass is 320 g/mol. The van der Waals surface area contributed by atoms with Crippen LogP contribution in [0.2, 0.25) is 0 Å². The summed E-state index contributed by atoms with van der Waals surface area (Å²) < 4.78 is 46.0. The van der Waals surface area contributed by atoms with Crippen LogP contribution in [-0.2, 0) is 16.0 Å². The van der Waals surface area contributed by atoms with E-state index in [1.807, 2.05) is 0 Å². The van der Waals surface area contributed by atoms with Gasteiger partial charge in [0.1, 0.15) is 6.33 Å². The lowest BCUT2D eigenvalue weighted by atomic mass is 10.4. The average Bonchev–Trinajstić information content (AvgIpc) is 2.86. The van der Waals surface area contributed by atoms with E-state index in [1.165, 1.54) is 14.2 Å². The number of aliphatic imine (C=N–C) groups is 1. The Kier molecular flexibility index (Phi) is 4.40. The van der Waals surface area contributed by atoms with Gasteiger partial charge in [-0.15, -0.1) is 18.3 Å². The Bertz CT molecular complexity index is 750. The summed E-state index contributed by atoms with van der Waals surface area (Å²) in [6.07, 6.45) is -3.61. The molecule has 2 heterocycles. The summed E-state index contributed by atoms with van der Waals surface area (Å²) in [5, 5.41) is 7.29. The first-order valence-corrected chi connectivity index (χ1v) is 5.90. The molecular weight excluding hydrogens is 309 g/mol. The van der Waals surface area contributed by atoms with Gasteiger partial charge in [0.2, 0.25) is 5.90 Å². The van der Waals surface area contributed by atoms with E-state index < -0.39 is 25.2 Å². The zero-order valence-corrected chi connectivity index (χ0v) is 11.5. The molecule has 0 amide bonds. The molecule has 12 heteroatoms. The van der Waals surface area contributed by atoms with Crippen molar-refractivity contribution in [1.82, 2.24) is 24.4 Å². The van der Waals surface area contributed by atoms with Gasteiger partial charge in [0.25, 0.3) is 0 Å². The summed E-state index contributed by atoms with van der Waals surface area (Å²) in [5.74, 6) is 0.148. The molecule has 9 nitrogen and oxygen atoms in total. The van der Waals surface area contributed by atoms with E-state index in [9.17, 15) is 18.0 Å². The number of aromatic nitrogens is 5. The summed E-state index contributed by atoms with van der Waals surface area (Å²) in [6.45, 7) is -1.17. The molecule has 0 radical (unpaired) electrons. The first kappa shape index (κ1) is 15.9. The zero-order valence-electron chi connectivity index (χ0n) is 11.5. The van der Waals surface area contributed by atoms with E-state index in [0.717, 1.165) is 15.4 Å². The molecule has 0 atom stereocenters. The maximum atomic E-state index is 12.1. The number of hydrogen-bond donors (Lipinski definition) is 0. The van der Waals surface area contributed by atoms with Crippen LogP contribution >= 0.6 is 0 Å². The maximum absolute atomic E-state index is 12.1. The molecule has 120 valence electrons. The third-order valence-corrected chi connectivity index (χ3v) is 2.58. The van der Waals surface area contributed by atoms with E-state index >= 15 is 0 Å². The second-order valence-corrected chi connectivity index (χ2v) is 3.91. The van der Waals surface area contributed by atoms with E-state index in [1.54, 1.807) is 0 Å². The number of fused-ring (bicyclic) bond motifs is 1. The molecule has 0 aliphatic carbocycles. The maximum Gasteiger partial charge on any atom is 0.522 e. The number of methoxy groups -OCH3 is 1. The Morgan fingerprint density at radius 2 is 2.18 bits per heavy atom. The standard InChI is InChI=1S/C10H11F3N6O3/c1-14-8(21-2)6-7-16-17-19(3-4-22-10(11,12)13)9(20)18(7)5-15-6/h5H,3-4H2,1-2H3. The minimum absolute atomic E-state index is 0.0837. The molecule has 0 N–H and O–H groups in total. The molecule has 2 rings (SSSR count). The van der Waals surface area contributed by atoms with Gasteiger partial charge in [-0.05, 0) is 0 Å². The van der Waals surface area contributed by atoms with Gasteiger partial charge in [-0.25, -0.2) is 14.2 Å². The summed E-state index contributed by atoms with van der Waals surface area (Å²) >= 11 is 0. The molecule has 2 aromatic heterocycles. The normalized spacial score (nSPS) is 12.9. The van der Waals surface area contributed by atoms with Crippen LogP contribution in [0.1, 0.15) is 5.69 Å². The molecule has 0 fully saturated rings. The van der Waals surface area contributed by atoms with Crippen LogP contribution in [0.4, 0.5) is 13.2 Å². The molecule has 2 aromatic rings. The molecule has 0 aliphatic rings. The molecule has 0 aromatic carbocycles. The van der Waals surface area contributed by atoms with Crippen molar-refractivity contribution in [3.63, 3.8) is 0 Å². The van der Waals surface area contributed by atoms with Crippen LogP contribution in [0.15, 0.2) is 16.1 Å². The van der Waals surface area contributed by atoms with Gasteiger partial charge in [0.05, 0.1) is 20.3 Å². The SMILES string of the molecule is CN=C(OC)c1ncn2c(=O)n(CCOC(F)(F)F)nnc12. The zero-order chi connectivity index (χ0) is 16.3. The van der Waals surface area contributed by atoms with Gasteiger partial charge in [-0.1, -0.05) is 5.21 Å². The fourth-order valence-electron chi connectivity index (χ4n) is 1.67. The van der Waals surface area contributed by atoms with Gasteiger partial charge in [-0.2, -0.15) is 4.68 Å². The lowest BCUT2D eigenvalue weighted by molar-refractivity contribution is -0.325. The van der Waals surface area contributed by atoms with Crippen LogP contribution in [-0.4, -0.2) is 57.4 Å². The van der Waals surface area contributed by atoms with E-state index in [2.05, 4.69) is 25.0 Å². The summed E-state index contributed by atoms with van der Waals surface area (Å²) in [7, 11) is 2.84. The first-order chi connectivity index (χ1) is 10.4. The summed E-state index contributed by atoms with van der Waals surface area (Å²) in [4.78, 5) is 19.8. The Labute approximate surface area is 121 Å². The number of hydrogen-bond acceptors (Lipinski definition) is 7. The Morgan fingerprint density at radius 1 is 1.45 bits per heavy atom. The summed E-state index contributed by atoms with van der Waals surface area (Å²) in [6, 6.07) is 0. The molecule has 0 aliphatic heterocycles. The minimum Gasteiger partial charge on any atom is -0.480 e. The van der Waals surface area contributed by atoms with Crippen molar-refractivity contribution in [2.24, 2.45) is 4.99 Å². The minimum atomic E-state index is -4.77. The molecule has 0 bridgehead atoms. The number of rotatable bonds is 4. The van der Waals surface area contributed by atoms with Gasteiger partial charge in [0.15, 0.2) is 11.3 Å². The quantitative estimate of drug-likeness (QED) is 0.574. The topological polar surface area (TPSA) is 95.9 Å².